The van der Waals surface area contributed by atoms with E-state index >= 15 is 0 Å². The van der Waals surface area contributed by atoms with Crippen molar-refractivity contribution in [3.63, 3.8) is 0 Å². The van der Waals surface area contributed by atoms with E-state index in [1.54, 1.807) is 39.8 Å². The Bertz CT molecular complexity index is 790. The van der Waals surface area contributed by atoms with Crippen LogP contribution >= 0.6 is 0 Å². The molecule has 28 heavy (non-hydrogen) atoms. The summed E-state index contributed by atoms with van der Waals surface area (Å²) >= 11 is 0. The molecule has 2 rings (SSSR count). The van der Waals surface area contributed by atoms with E-state index in [2.05, 4.69) is 20.8 Å². The van der Waals surface area contributed by atoms with Crippen LogP contribution in [0.2, 0.25) is 0 Å². The fourth-order valence-corrected chi connectivity index (χ4v) is 2.28. The smallest absolute Gasteiger partial charge is 0.408 e. The maximum Gasteiger partial charge on any atom is 0.408 e. The number of amides is 1. The van der Waals surface area contributed by atoms with Crippen LogP contribution in [0.15, 0.2) is 16.5 Å². The van der Waals surface area contributed by atoms with Crippen molar-refractivity contribution in [2.45, 2.75) is 39.3 Å². The number of methoxy groups -OCH3 is 3. The molecule has 0 spiro atoms. The normalized spacial score (nSPS) is 12.1. The van der Waals surface area contributed by atoms with Gasteiger partial charge < -0.3 is 34.0 Å². The standard InChI is InChI=1S/C18H26N4O6/c1-10(19-17(23)28-18(2,3)4)15-21-22-16(27-15)20-11-8-12(24-5)14(26-7)13(9-11)25-6/h8-10H,1-7H3,(H,19,23)(H,20,22)/t10-/m0/s1. The molecule has 1 atom stereocenters. The van der Waals surface area contributed by atoms with Gasteiger partial charge in [0.15, 0.2) is 11.5 Å². The van der Waals surface area contributed by atoms with Gasteiger partial charge >= 0.3 is 12.1 Å². The van der Waals surface area contributed by atoms with Gasteiger partial charge in [-0.25, -0.2) is 4.79 Å². The van der Waals surface area contributed by atoms with Crippen LogP contribution in [0.25, 0.3) is 0 Å². The molecule has 10 nitrogen and oxygen atoms in total. The van der Waals surface area contributed by atoms with E-state index in [0.29, 0.717) is 22.9 Å². The molecule has 0 saturated heterocycles. The van der Waals surface area contributed by atoms with Gasteiger partial charge in [-0.1, -0.05) is 5.10 Å². The number of ether oxygens (including phenoxy) is 4. The third-order valence-corrected chi connectivity index (χ3v) is 3.46. The molecule has 0 saturated carbocycles. The molecule has 0 aliphatic rings. The lowest BCUT2D eigenvalue weighted by Gasteiger charge is -2.20. The number of benzene rings is 1. The van der Waals surface area contributed by atoms with Gasteiger partial charge in [0.05, 0.1) is 27.0 Å². The molecule has 0 fully saturated rings. The SMILES string of the molecule is COc1cc(Nc2nnc([C@H](C)NC(=O)OC(C)(C)C)o2)cc(OC)c1OC. The molecule has 1 heterocycles. The quantitative estimate of drug-likeness (QED) is 0.728. The van der Waals surface area contributed by atoms with Crippen LogP contribution in [0.4, 0.5) is 16.5 Å². The number of hydrogen-bond donors (Lipinski definition) is 2. The van der Waals surface area contributed by atoms with Crippen molar-refractivity contribution in [1.29, 1.82) is 0 Å². The second kappa shape index (κ2) is 8.68. The van der Waals surface area contributed by atoms with Crippen LogP contribution in [0, 0.1) is 0 Å². The summed E-state index contributed by atoms with van der Waals surface area (Å²) in [7, 11) is 4.57. The third-order valence-electron chi connectivity index (χ3n) is 3.46. The fourth-order valence-electron chi connectivity index (χ4n) is 2.28. The Kier molecular flexibility index (Phi) is 6.55. The summed E-state index contributed by atoms with van der Waals surface area (Å²) in [4.78, 5) is 11.9. The second-order valence-corrected chi connectivity index (χ2v) is 6.85. The first kappa shape index (κ1) is 21.1. The van der Waals surface area contributed by atoms with E-state index in [0.717, 1.165) is 0 Å². The molecule has 0 bridgehead atoms. The molecule has 154 valence electrons. The number of nitrogens with one attached hydrogen (secondary N) is 2. The molecule has 1 aromatic carbocycles. The number of carbonyl (C=O) groups is 1. The lowest BCUT2D eigenvalue weighted by Crippen LogP contribution is -2.34. The first-order valence-electron chi connectivity index (χ1n) is 8.56. The summed E-state index contributed by atoms with van der Waals surface area (Å²) in [6.45, 7) is 7.05. The highest BCUT2D eigenvalue weighted by molar-refractivity contribution is 5.68. The average molecular weight is 394 g/mol. The van der Waals surface area contributed by atoms with Gasteiger partial charge in [0.2, 0.25) is 11.6 Å². The van der Waals surface area contributed by atoms with Crippen molar-refractivity contribution in [2.24, 2.45) is 0 Å². The summed E-state index contributed by atoms with van der Waals surface area (Å²) in [5.74, 6) is 1.64. The van der Waals surface area contributed by atoms with Crippen molar-refractivity contribution in [2.75, 3.05) is 26.6 Å². The zero-order valence-electron chi connectivity index (χ0n) is 17.1. The predicted molar refractivity (Wildman–Crippen MR) is 101 cm³/mol. The van der Waals surface area contributed by atoms with E-state index in [4.69, 9.17) is 23.4 Å². The molecule has 0 aliphatic carbocycles. The first-order chi connectivity index (χ1) is 13.2. The zero-order chi connectivity index (χ0) is 20.9. The molecule has 0 aliphatic heterocycles. The average Bonchev–Trinajstić information content (AvgIpc) is 3.07. The minimum Gasteiger partial charge on any atom is -0.493 e. The molecule has 0 unspecified atom stereocenters. The summed E-state index contributed by atoms with van der Waals surface area (Å²) < 4.78 is 26.7. The van der Waals surface area contributed by atoms with Gasteiger partial charge in [-0.05, 0) is 27.7 Å². The lowest BCUT2D eigenvalue weighted by molar-refractivity contribution is 0.0501. The number of hydrogen-bond acceptors (Lipinski definition) is 9. The van der Waals surface area contributed by atoms with E-state index in [-0.39, 0.29) is 11.9 Å². The van der Waals surface area contributed by atoms with Crippen molar-refractivity contribution >= 4 is 17.8 Å². The van der Waals surface area contributed by atoms with Crippen LogP contribution < -0.4 is 24.8 Å². The summed E-state index contributed by atoms with van der Waals surface area (Å²) in [5.41, 5.74) is -0.00450. The molecular formula is C18H26N4O6. The van der Waals surface area contributed by atoms with Crippen molar-refractivity contribution < 1.29 is 28.2 Å². The molecule has 2 N–H and O–H groups in total. The molecular weight excluding hydrogens is 368 g/mol. The fraction of sp³-hybridized carbons (Fsp3) is 0.500. The zero-order valence-corrected chi connectivity index (χ0v) is 17.1. The van der Waals surface area contributed by atoms with Crippen molar-refractivity contribution in [3.05, 3.63) is 18.0 Å². The highest BCUT2D eigenvalue weighted by Crippen LogP contribution is 2.40. The molecule has 1 amide bonds. The van der Waals surface area contributed by atoms with Gasteiger partial charge in [-0.3, -0.25) is 0 Å². The van der Waals surface area contributed by atoms with E-state index in [9.17, 15) is 4.79 Å². The Morgan fingerprint density at radius 3 is 2.18 bits per heavy atom. The number of nitrogens with zero attached hydrogens (tertiary/aromatic N) is 2. The Balaban J connectivity index is 2.11. The summed E-state index contributed by atoms with van der Waals surface area (Å²) in [6, 6.07) is 3.02. The van der Waals surface area contributed by atoms with Crippen LogP contribution in [-0.4, -0.2) is 43.2 Å². The number of anilines is 2. The molecule has 0 radical (unpaired) electrons. The second-order valence-electron chi connectivity index (χ2n) is 6.85. The predicted octanol–water partition coefficient (Wildman–Crippen LogP) is 3.42. The molecule has 1 aromatic heterocycles. The van der Waals surface area contributed by atoms with Gasteiger partial charge in [-0.2, -0.15) is 0 Å². The minimum absolute atomic E-state index is 0.141. The summed E-state index contributed by atoms with van der Waals surface area (Å²) in [6.07, 6.45) is -0.572. The Hall–Kier alpha value is -3.17. The van der Waals surface area contributed by atoms with Gasteiger partial charge in [0.25, 0.3) is 0 Å². The Morgan fingerprint density at radius 2 is 1.68 bits per heavy atom. The van der Waals surface area contributed by atoms with Crippen molar-refractivity contribution in [3.8, 4) is 17.2 Å². The largest absolute Gasteiger partial charge is 0.493 e. The van der Waals surface area contributed by atoms with Crippen LogP contribution in [-0.2, 0) is 4.74 Å². The Morgan fingerprint density at radius 1 is 1.07 bits per heavy atom. The van der Waals surface area contributed by atoms with Crippen LogP contribution in [0.1, 0.15) is 39.6 Å². The summed E-state index contributed by atoms with van der Waals surface area (Å²) in [5, 5.41) is 13.5. The topological polar surface area (TPSA) is 117 Å². The van der Waals surface area contributed by atoms with Crippen LogP contribution in [0.5, 0.6) is 17.2 Å². The molecule has 10 heteroatoms. The first-order valence-corrected chi connectivity index (χ1v) is 8.56. The van der Waals surface area contributed by atoms with Gasteiger partial charge in [0.1, 0.15) is 11.6 Å². The molecule has 2 aromatic rings. The number of rotatable bonds is 7. The number of alkyl carbamates (subject to hydrolysis) is 1. The van der Waals surface area contributed by atoms with Gasteiger partial charge in [-0.15, -0.1) is 5.10 Å². The van der Waals surface area contributed by atoms with E-state index < -0.39 is 17.7 Å². The maximum absolute atomic E-state index is 11.9. The minimum atomic E-state index is -0.599. The van der Waals surface area contributed by atoms with Crippen molar-refractivity contribution in [1.82, 2.24) is 15.5 Å². The third kappa shape index (κ3) is 5.41. The number of aromatic nitrogens is 2. The maximum atomic E-state index is 11.9. The lowest BCUT2D eigenvalue weighted by atomic mass is 10.2. The Labute approximate surface area is 163 Å². The van der Waals surface area contributed by atoms with E-state index in [1.807, 2.05) is 0 Å². The highest BCUT2D eigenvalue weighted by atomic mass is 16.6. The van der Waals surface area contributed by atoms with E-state index in [1.165, 1.54) is 21.3 Å². The number of carbonyl (C=O) groups excluding carboxylic acids is 1. The van der Waals surface area contributed by atoms with Gasteiger partial charge in [0, 0.05) is 12.1 Å². The highest BCUT2D eigenvalue weighted by Gasteiger charge is 2.21. The van der Waals surface area contributed by atoms with Crippen LogP contribution in [0.3, 0.4) is 0 Å². The monoisotopic (exact) mass is 394 g/mol.